The zero-order chi connectivity index (χ0) is 15.2. The monoisotopic (exact) mass is 305 g/mol. The van der Waals surface area contributed by atoms with E-state index in [-0.39, 0.29) is 18.7 Å². The van der Waals surface area contributed by atoms with Crippen molar-refractivity contribution in [3.05, 3.63) is 64.7 Å². The molecule has 4 heteroatoms. The van der Waals surface area contributed by atoms with Crippen molar-refractivity contribution in [1.82, 2.24) is 5.32 Å². The first-order chi connectivity index (χ1) is 10.1. The highest BCUT2D eigenvalue weighted by Gasteiger charge is 2.15. The lowest BCUT2D eigenvalue weighted by molar-refractivity contribution is 0.235. The minimum Gasteiger partial charge on any atom is -0.497 e. The number of halogens is 1. The second-order valence-electron chi connectivity index (χ2n) is 4.96. The fraction of sp³-hybridized carbons (Fsp3) is 0.294. The molecule has 0 heterocycles. The molecular formula is C17H20ClNO2. The average Bonchev–Trinajstić information content (AvgIpc) is 2.52. The van der Waals surface area contributed by atoms with Gasteiger partial charge in [0.25, 0.3) is 0 Å². The highest BCUT2D eigenvalue weighted by atomic mass is 35.5. The van der Waals surface area contributed by atoms with E-state index in [9.17, 15) is 5.11 Å². The van der Waals surface area contributed by atoms with Gasteiger partial charge in [0, 0.05) is 11.1 Å². The molecular weight excluding hydrogens is 286 g/mol. The van der Waals surface area contributed by atoms with Crippen molar-refractivity contribution in [2.45, 2.75) is 19.0 Å². The Hall–Kier alpha value is -1.55. The van der Waals surface area contributed by atoms with Crippen molar-refractivity contribution >= 4 is 11.6 Å². The molecule has 0 radical (unpaired) electrons. The van der Waals surface area contributed by atoms with Gasteiger partial charge in [-0.1, -0.05) is 35.9 Å². The number of hydrogen-bond acceptors (Lipinski definition) is 3. The van der Waals surface area contributed by atoms with Crippen LogP contribution in [0.2, 0.25) is 5.02 Å². The van der Waals surface area contributed by atoms with E-state index in [2.05, 4.69) is 12.2 Å². The van der Waals surface area contributed by atoms with Crippen molar-refractivity contribution in [3.8, 4) is 5.75 Å². The number of benzene rings is 2. The zero-order valence-electron chi connectivity index (χ0n) is 12.2. The van der Waals surface area contributed by atoms with Crippen molar-refractivity contribution in [3.63, 3.8) is 0 Å². The van der Waals surface area contributed by atoms with Gasteiger partial charge >= 0.3 is 0 Å². The van der Waals surface area contributed by atoms with Gasteiger partial charge in [-0.05, 0) is 42.3 Å². The summed E-state index contributed by atoms with van der Waals surface area (Å²) in [6.45, 7) is 2.06. The molecule has 0 spiro atoms. The molecule has 0 saturated heterocycles. The lowest BCUT2D eigenvalue weighted by Gasteiger charge is -2.23. The molecule has 2 atom stereocenters. The van der Waals surface area contributed by atoms with Gasteiger partial charge < -0.3 is 15.2 Å². The van der Waals surface area contributed by atoms with Crippen LogP contribution in [-0.4, -0.2) is 18.8 Å². The number of aliphatic hydroxyl groups excluding tert-OH is 1. The van der Waals surface area contributed by atoms with E-state index in [1.165, 1.54) is 0 Å². The molecule has 0 aliphatic carbocycles. The van der Waals surface area contributed by atoms with E-state index in [4.69, 9.17) is 16.3 Å². The maximum absolute atomic E-state index is 9.66. The van der Waals surface area contributed by atoms with Crippen LogP contribution in [0.25, 0.3) is 0 Å². The van der Waals surface area contributed by atoms with E-state index in [0.717, 1.165) is 16.9 Å². The zero-order valence-corrected chi connectivity index (χ0v) is 13.0. The average molecular weight is 306 g/mol. The summed E-state index contributed by atoms with van der Waals surface area (Å²) >= 11 is 6.02. The molecule has 21 heavy (non-hydrogen) atoms. The SMILES string of the molecule is COc1cccc(C(CO)NC(C)c2cccc(Cl)c2)c1. The Kier molecular flexibility index (Phi) is 5.62. The van der Waals surface area contributed by atoms with Crippen LogP contribution in [0.15, 0.2) is 48.5 Å². The largest absolute Gasteiger partial charge is 0.497 e. The normalized spacial score (nSPS) is 13.7. The predicted molar refractivity (Wildman–Crippen MR) is 85.8 cm³/mol. The third kappa shape index (κ3) is 4.21. The second kappa shape index (κ2) is 7.46. The Labute approximate surface area is 130 Å². The minimum absolute atomic E-state index is 0.0120. The Morgan fingerprint density at radius 2 is 1.86 bits per heavy atom. The van der Waals surface area contributed by atoms with Gasteiger partial charge in [0.1, 0.15) is 5.75 Å². The van der Waals surface area contributed by atoms with Gasteiger partial charge in [0.2, 0.25) is 0 Å². The van der Waals surface area contributed by atoms with Crippen LogP contribution in [0.4, 0.5) is 0 Å². The van der Waals surface area contributed by atoms with Gasteiger partial charge in [-0.15, -0.1) is 0 Å². The predicted octanol–water partition coefficient (Wildman–Crippen LogP) is 3.73. The van der Waals surface area contributed by atoms with E-state index in [1.54, 1.807) is 7.11 Å². The molecule has 0 fully saturated rings. The first kappa shape index (κ1) is 15.8. The molecule has 2 unspecified atom stereocenters. The van der Waals surface area contributed by atoms with Crippen molar-refractivity contribution in [2.24, 2.45) is 0 Å². The lowest BCUT2D eigenvalue weighted by Crippen LogP contribution is -2.27. The summed E-state index contributed by atoms with van der Waals surface area (Å²) in [4.78, 5) is 0. The van der Waals surface area contributed by atoms with Crippen LogP contribution in [0.1, 0.15) is 30.1 Å². The summed E-state index contributed by atoms with van der Waals surface area (Å²) in [5.41, 5.74) is 2.08. The van der Waals surface area contributed by atoms with Gasteiger partial charge in [-0.25, -0.2) is 0 Å². The van der Waals surface area contributed by atoms with Crippen molar-refractivity contribution in [2.75, 3.05) is 13.7 Å². The first-order valence-electron chi connectivity index (χ1n) is 6.90. The van der Waals surface area contributed by atoms with E-state index < -0.39 is 0 Å². The van der Waals surface area contributed by atoms with Gasteiger partial charge in [-0.2, -0.15) is 0 Å². The highest BCUT2D eigenvalue weighted by molar-refractivity contribution is 6.30. The second-order valence-corrected chi connectivity index (χ2v) is 5.39. The van der Waals surface area contributed by atoms with Crippen LogP contribution in [-0.2, 0) is 0 Å². The summed E-state index contributed by atoms with van der Waals surface area (Å²) in [6, 6.07) is 15.4. The number of hydrogen-bond donors (Lipinski definition) is 2. The molecule has 112 valence electrons. The first-order valence-corrected chi connectivity index (χ1v) is 7.28. The molecule has 3 nitrogen and oxygen atoms in total. The van der Waals surface area contributed by atoms with E-state index in [0.29, 0.717) is 5.02 Å². The Bertz CT molecular complexity index is 589. The fourth-order valence-electron chi connectivity index (χ4n) is 2.29. The maximum atomic E-state index is 9.66. The molecule has 0 aliphatic heterocycles. The standard InChI is InChI=1S/C17H20ClNO2/c1-12(13-5-3-7-15(18)9-13)19-17(11-20)14-6-4-8-16(10-14)21-2/h3-10,12,17,19-20H,11H2,1-2H3. The molecule has 2 N–H and O–H groups in total. The van der Waals surface area contributed by atoms with Crippen LogP contribution >= 0.6 is 11.6 Å². The van der Waals surface area contributed by atoms with Crippen molar-refractivity contribution < 1.29 is 9.84 Å². The third-order valence-corrected chi connectivity index (χ3v) is 3.71. The summed E-state index contributed by atoms with van der Waals surface area (Å²) in [7, 11) is 1.63. The smallest absolute Gasteiger partial charge is 0.119 e. The number of aliphatic hydroxyl groups is 1. The summed E-state index contributed by atoms with van der Waals surface area (Å²) in [5, 5.41) is 13.8. The van der Waals surface area contributed by atoms with Crippen molar-refractivity contribution in [1.29, 1.82) is 0 Å². The van der Waals surface area contributed by atoms with Crippen LogP contribution in [0.5, 0.6) is 5.75 Å². The molecule has 2 aromatic carbocycles. The van der Waals surface area contributed by atoms with Crippen LogP contribution in [0.3, 0.4) is 0 Å². The number of methoxy groups -OCH3 is 1. The fourth-order valence-corrected chi connectivity index (χ4v) is 2.49. The number of rotatable bonds is 6. The summed E-state index contributed by atoms with van der Waals surface area (Å²) in [6.07, 6.45) is 0. The van der Waals surface area contributed by atoms with E-state index >= 15 is 0 Å². The van der Waals surface area contributed by atoms with Gasteiger partial charge in [0.05, 0.1) is 19.8 Å². The summed E-state index contributed by atoms with van der Waals surface area (Å²) in [5.74, 6) is 0.781. The lowest BCUT2D eigenvalue weighted by atomic mass is 10.0. The molecule has 2 aromatic rings. The number of nitrogens with one attached hydrogen (secondary N) is 1. The van der Waals surface area contributed by atoms with Gasteiger partial charge in [-0.3, -0.25) is 0 Å². The molecule has 0 aliphatic rings. The highest BCUT2D eigenvalue weighted by Crippen LogP contribution is 2.23. The minimum atomic E-state index is -0.158. The molecule has 0 bridgehead atoms. The Morgan fingerprint density at radius 3 is 2.52 bits per heavy atom. The van der Waals surface area contributed by atoms with E-state index in [1.807, 2.05) is 48.5 Å². The quantitative estimate of drug-likeness (QED) is 0.854. The molecule has 0 saturated carbocycles. The molecule has 0 aromatic heterocycles. The van der Waals surface area contributed by atoms with Gasteiger partial charge in [0.15, 0.2) is 0 Å². The molecule has 2 rings (SSSR count). The topological polar surface area (TPSA) is 41.5 Å². The Balaban J connectivity index is 2.14. The Morgan fingerprint density at radius 1 is 1.14 bits per heavy atom. The van der Waals surface area contributed by atoms with Crippen LogP contribution < -0.4 is 10.1 Å². The summed E-state index contributed by atoms with van der Waals surface area (Å²) < 4.78 is 5.23. The maximum Gasteiger partial charge on any atom is 0.119 e. The van der Waals surface area contributed by atoms with Crippen LogP contribution in [0, 0.1) is 0 Å². The third-order valence-electron chi connectivity index (χ3n) is 3.48. The molecule has 0 amide bonds. The number of ether oxygens (including phenoxy) is 1.